The van der Waals surface area contributed by atoms with E-state index in [1.54, 1.807) is 19.1 Å². The average Bonchev–Trinajstić information content (AvgIpc) is 2.34. The molecule has 2 N–H and O–H groups in total. The molecule has 1 aromatic rings. The molecule has 18 heavy (non-hydrogen) atoms. The molecule has 0 radical (unpaired) electrons. The van der Waals surface area contributed by atoms with E-state index in [0.29, 0.717) is 16.9 Å². The number of thioether (sulfide) groups is 1. The zero-order chi connectivity index (χ0) is 13.5. The fourth-order valence-corrected chi connectivity index (χ4v) is 2.20. The van der Waals surface area contributed by atoms with Gasteiger partial charge in [0.1, 0.15) is 12.4 Å². The zero-order valence-corrected chi connectivity index (χ0v) is 11.3. The van der Waals surface area contributed by atoms with Crippen LogP contribution in [-0.2, 0) is 5.75 Å². The molecular formula is C14H17FO2S. The average molecular weight is 268 g/mol. The number of aliphatic hydroxyl groups excluding tert-OH is 2. The van der Waals surface area contributed by atoms with Gasteiger partial charge in [0.05, 0.1) is 6.10 Å². The fourth-order valence-electron chi connectivity index (χ4n) is 1.24. The van der Waals surface area contributed by atoms with Crippen LogP contribution in [0.4, 0.5) is 4.39 Å². The van der Waals surface area contributed by atoms with E-state index in [1.165, 1.54) is 17.8 Å². The quantitative estimate of drug-likeness (QED) is 0.822. The Labute approximate surface area is 111 Å². The molecule has 0 saturated carbocycles. The maximum Gasteiger partial charge on any atom is 0.128 e. The van der Waals surface area contributed by atoms with Gasteiger partial charge in [0.25, 0.3) is 0 Å². The van der Waals surface area contributed by atoms with E-state index in [2.05, 4.69) is 11.8 Å². The van der Waals surface area contributed by atoms with E-state index in [1.807, 2.05) is 6.92 Å². The van der Waals surface area contributed by atoms with Crippen molar-refractivity contribution in [3.8, 4) is 11.8 Å². The minimum absolute atomic E-state index is 0.0678. The first-order chi connectivity index (χ1) is 8.54. The highest BCUT2D eigenvalue weighted by molar-refractivity contribution is 7.99. The predicted octanol–water partition coefficient (Wildman–Crippen LogP) is 2.17. The summed E-state index contributed by atoms with van der Waals surface area (Å²) in [5.74, 6) is 5.35. The Bertz CT molecular complexity index is 449. The van der Waals surface area contributed by atoms with Crippen molar-refractivity contribution in [3.63, 3.8) is 0 Å². The minimum Gasteiger partial charge on any atom is -0.392 e. The summed E-state index contributed by atoms with van der Waals surface area (Å²) in [5, 5.41) is 18.0. The Morgan fingerprint density at radius 1 is 1.39 bits per heavy atom. The van der Waals surface area contributed by atoms with Crippen molar-refractivity contribution in [3.05, 3.63) is 35.1 Å². The lowest BCUT2D eigenvalue weighted by molar-refractivity contribution is 0.196. The first-order valence-corrected chi connectivity index (χ1v) is 6.77. The standard InChI is InChI=1S/C14H17FO2S/c1-10(17)11(2)18-9-13-6-5-12(4-3-7-16)8-14(13)15/h5-6,8,10-11,16-17H,7,9H2,1-2H3. The Morgan fingerprint density at radius 3 is 2.67 bits per heavy atom. The van der Waals surface area contributed by atoms with E-state index in [9.17, 15) is 9.50 Å². The monoisotopic (exact) mass is 268 g/mol. The van der Waals surface area contributed by atoms with Crippen molar-refractivity contribution in [1.29, 1.82) is 0 Å². The third-order valence-corrected chi connectivity index (χ3v) is 3.94. The minimum atomic E-state index is -0.409. The second-order valence-electron chi connectivity index (χ2n) is 4.02. The molecule has 0 aromatic heterocycles. The fraction of sp³-hybridized carbons (Fsp3) is 0.429. The first kappa shape index (κ1) is 15.0. The highest BCUT2D eigenvalue weighted by Gasteiger charge is 2.11. The van der Waals surface area contributed by atoms with Crippen molar-refractivity contribution in [2.75, 3.05) is 6.61 Å². The van der Waals surface area contributed by atoms with Crippen molar-refractivity contribution in [2.24, 2.45) is 0 Å². The molecule has 1 rings (SSSR count). The number of benzene rings is 1. The van der Waals surface area contributed by atoms with Crippen LogP contribution >= 0.6 is 11.8 Å². The van der Waals surface area contributed by atoms with Crippen LogP contribution in [0.15, 0.2) is 18.2 Å². The molecule has 0 heterocycles. The number of halogens is 1. The van der Waals surface area contributed by atoms with Gasteiger partial charge < -0.3 is 10.2 Å². The summed E-state index contributed by atoms with van der Waals surface area (Å²) in [5.41, 5.74) is 1.15. The Kier molecular flexibility index (Phi) is 6.20. The summed E-state index contributed by atoms with van der Waals surface area (Å²) < 4.78 is 13.7. The van der Waals surface area contributed by atoms with Gasteiger partial charge in [-0.1, -0.05) is 24.8 Å². The second kappa shape index (κ2) is 7.42. The van der Waals surface area contributed by atoms with Crippen LogP contribution in [0, 0.1) is 17.7 Å². The smallest absolute Gasteiger partial charge is 0.128 e. The number of rotatable bonds is 4. The SMILES string of the molecule is CC(O)C(C)SCc1ccc(C#CCO)cc1F. The van der Waals surface area contributed by atoms with Gasteiger partial charge in [0, 0.05) is 16.6 Å². The summed E-state index contributed by atoms with van der Waals surface area (Å²) in [6.07, 6.45) is -0.409. The summed E-state index contributed by atoms with van der Waals surface area (Å²) >= 11 is 1.51. The highest BCUT2D eigenvalue weighted by atomic mass is 32.2. The van der Waals surface area contributed by atoms with E-state index >= 15 is 0 Å². The van der Waals surface area contributed by atoms with Crippen molar-refractivity contribution in [1.82, 2.24) is 0 Å². The van der Waals surface area contributed by atoms with Crippen molar-refractivity contribution >= 4 is 11.8 Å². The lowest BCUT2D eigenvalue weighted by Crippen LogP contribution is -2.15. The lowest BCUT2D eigenvalue weighted by Gasteiger charge is -2.14. The van der Waals surface area contributed by atoms with Crippen LogP contribution in [0.2, 0.25) is 0 Å². The molecule has 2 atom stereocenters. The van der Waals surface area contributed by atoms with Crippen LogP contribution in [0.25, 0.3) is 0 Å². The summed E-state index contributed by atoms with van der Waals surface area (Å²) in [7, 11) is 0. The van der Waals surface area contributed by atoms with Crippen molar-refractivity contribution < 1.29 is 14.6 Å². The number of hydrogen-bond donors (Lipinski definition) is 2. The van der Waals surface area contributed by atoms with E-state index in [4.69, 9.17) is 5.11 Å². The molecule has 2 unspecified atom stereocenters. The molecule has 1 aromatic carbocycles. The largest absolute Gasteiger partial charge is 0.392 e. The van der Waals surface area contributed by atoms with Gasteiger partial charge in [-0.2, -0.15) is 11.8 Å². The maximum absolute atomic E-state index is 13.7. The van der Waals surface area contributed by atoms with Gasteiger partial charge in [0.15, 0.2) is 0 Å². The number of aliphatic hydroxyl groups is 2. The van der Waals surface area contributed by atoms with Gasteiger partial charge in [-0.3, -0.25) is 0 Å². The molecule has 0 spiro atoms. The van der Waals surface area contributed by atoms with Crippen molar-refractivity contribution in [2.45, 2.75) is 31.0 Å². The molecule has 0 aliphatic rings. The molecule has 0 amide bonds. The molecule has 0 bridgehead atoms. The third-order valence-electron chi connectivity index (χ3n) is 2.55. The van der Waals surface area contributed by atoms with Gasteiger partial charge in [-0.15, -0.1) is 0 Å². The van der Waals surface area contributed by atoms with E-state index in [-0.39, 0.29) is 17.7 Å². The Hall–Kier alpha value is -1.02. The number of hydrogen-bond acceptors (Lipinski definition) is 3. The Balaban J connectivity index is 2.68. The molecule has 0 aliphatic carbocycles. The molecule has 4 heteroatoms. The van der Waals surface area contributed by atoms with E-state index < -0.39 is 6.10 Å². The molecular weight excluding hydrogens is 251 g/mol. The third kappa shape index (κ3) is 4.69. The summed E-state index contributed by atoms with van der Waals surface area (Å²) in [4.78, 5) is 0. The lowest BCUT2D eigenvalue weighted by atomic mass is 10.1. The van der Waals surface area contributed by atoms with E-state index in [0.717, 1.165) is 0 Å². The summed E-state index contributed by atoms with van der Waals surface area (Å²) in [6.45, 7) is 3.40. The summed E-state index contributed by atoms with van der Waals surface area (Å²) in [6, 6.07) is 4.79. The van der Waals surface area contributed by atoms with Crippen LogP contribution in [0.5, 0.6) is 0 Å². The van der Waals surface area contributed by atoms with Crippen LogP contribution < -0.4 is 0 Å². The maximum atomic E-state index is 13.7. The second-order valence-corrected chi connectivity index (χ2v) is 5.39. The van der Waals surface area contributed by atoms with Crippen LogP contribution in [-0.4, -0.2) is 28.2 Å². The van der Waals surface area contributed by atoms with Gasteiger partial charge in [-0.25, -0.2) is 4.39 Å². The normalized spacial score (nSPS) is 13.6. The molecule has 0 fully saturated rings. The molecule has 98 valence electrons. The Morgan fingerprint density at radius 2 is 2.11 bits per heavy atom. The highest BCUT2D eigenvalue weighted by Crippen LogP contribution is 2.22. The molecule has 0 aliphatic heterocycles. The van der Waals surface area contributed by atoms with Gasteiger partial charge in [-0.05, 0) is 24.6 Å². The van der Waals surface area contributed by atoms with Gasteiger partial charge >= 0.3 is 0 Å². The predicted molar refractivity (Wildman–Crippen MR) is 72.8 cm³/mol. The molecule has 0 saturated heterocycles. The van der Waals surface area contributed by atoms with Gasteiger partial charge in [0.2, 0.25) is 0 Å². The van der Waals surface area contributed by atoms with Crippen LogP contribution in [0.1, 0.15) is 25.0 Å². The topological polar surface area (TPSA) is 40.5 Å². The molecule has 2 nitrogen and oxygen atoms in total. The first-order valence-electron chi connectivity index (χ1n) is 5.72. The van der Waals surface area contributed by atoms with Crippen LogP contribution in [0.3, 0.4) is 0 Å². The zero-order valence-electron chi connectivity index (χ0n) is 10.5.